The maximum atomic E-state index is 12.5. The molecule has 1 amide bonds. The molecule has 29 heavy (non-hydrogen) atoms. The fourth-order valence-corrected chi connectivity index (χ4v) is 4.18. The molecule has 1 heterocycles. The fraction of sp³-hybridized carbons (Fsp3) is 0.348. The predicted octanol–water partition coefficient (Wildman–Crippen LogP) is 5.08. The molecular formula is C23H28N4OS. The average molecular weight is 409 g/mol. The van der Waals surface area contributed by atoms with Crippen molar-refractivity contribution in [2.75, 3.05) is 29.1 Å². The number of benzene rings is 2. The Morgan fingerprint density at radius 2 is 1.83 bits per heavy atom. The highest BCUT2D eigenvalue weighted by atomic mass is 32.2. The number of hydrogen-bond acceptors (Lipinski definition) is 5. The van der Waals surface area contributed by atoms with Gasteiger partial charge in [0.25, 0.3) is 0 Å². The first-order chi connectivity index (χ1) is 14.0. The van der Waals surface area contributed by atoms with E-state index in [1.807, 2.05) is 43.3 Å². The Balaban J connectivity index is 1.69. The molecular weight excluding hydrogens is 380 g/mol. The third-order valence-electron chi connectivity index (χ3n) is 4.86. The number of fused-ring (bicyclic) bond motifs is 1. The van der Waals surface area contributed by atoms with Gasteiger partial charge >= 0.3 is 0 Å². The zero-order valence-electron chi connectivity index (χ0n) is 17.5. The van der Waals surface area contributed by atoms with Gasteiger partial charge in [0.1, 0.15) is 10.9 Å². The molecule has 6 heteroatoms. The van der Waals surface area contributed by atoms with Gasteiger partial charge in [-0.2, -0.15) is 0 Å². The van der Waals surface area contributed by atoms with E-state index in [-0.39, 0.29) is 5.91 Å². The summed E-state index contributed by atoms with van der Waals surface area (Å²) in [7, 11) is 0. The molecule has 0 saturated carbocycles. The Morgan fingerprint density at radius 1 is 1.07 bits per heavy atom. The van der Waals surface area contributed by atoms with Crippen molar-refractivity contribution >= 4 is 39.9 Å². The van der Waals surface area contributed by atoms with Crippen LogP contribution in [0.5, 0.6) is 0 Å². The summed E-state index contributed by atoms with van der Waals surface area (Å²) in [4.78, 5) is 24.0. The number of hydrogen-bond donors (Lipinski definition) is 1. The summed E-state index contributed by atoms with van der Waals surface area (Å²) in [6.07, 6.45) is 0.767. The van der Waals surface area contributed by atoms with Crippen LogP contribution in [0, 0.1) is 6.92 Å². The summed E-state index contributed by atoms with van der Waals surface area (Å²) in [6.45, 7) is 10.3. The number of carbonyl (C=O) groups excluding carboxylic acids is 1. The second-order valence-electron chi connectivity index (χ2n) is 6.83. The number of nitrogens with zero attached hydrogens (tertiary/aromatic N) is 3. The number of aryl methyl sites for hydroxylation is 2. The van der Waals surface area contributed by atoms with Crippen molar-refractivity contribution in [2.24, 2.45) is 0 Å². The second-order valence-corrected chi connectivity index (χ2v) is 7.79. The van der Waals surface area contributed by atoms with E-state index in [2.05, 4.69) is 47.0 Å². The minimum absolute atomic E-state index is 0.0364. The summed E-state index contributed by atoms with van der Waals surface area (Å²) >= 11 is 1.45. The Labute approximate surface area is 176 Å². The lowest BCUT2D eigenvalue weighted by atomic mass is 10.1. The molecule has 0 aliphatic heterocycles. The van der Waals surface area contributed by atoms with Crippen LogP contribution in [0.4, 0.5) is 11.4 Å². The lowest BCUT2D eigenvalue weighted by Crippen LogP contribution is -2.22. The number of para-hydroxylation sites is 1. The molecule has 0 unspecified atom stereocenters. The van der Waals surface area contributed by atoms with Crippen LogP contribution in [0.2, 0.25) is 0 Å². The molecule has 5 nitrogen and oxygen atoms in total. The number of nitrogens with one attached hydrogen (secondary N) is 1. The quantitative estimate of drug-likeness (QED) is 0.416. The van der Waals surface area contributed by atoms with Crippen molar-refractivity contribution in [3.63, 3.8) is 0 Å². The van der Waals surface area contributed by atoms with Crippen LogP contribution in [0.3, 0.4) is 0 Å². The Bertz CT molecular complexity index is 1000. The predicted molar refractivity (Wildman–Crippen MR) is 123 cm³/mol. The SMILES string of the molecule is CCc1nc(SCC(=O)Nc2ccc(N(CC)CC)c(C)c2)c2ccccc2n1. The van der Waals surface area contributed by atoms with Crippen molar-refractivity contribution in [1.29, 1.82) is 0 Å². The Hall–Kier alpha value is -2.60. The fourth-order valence-electron chi connectivity index (χ4n) is 3.34. The van der Waals surface area contributed by atoms with E-state index >= 15 is 0 Å². The van der Waals surface area contributed by atoms with Crippen LogP contribution < -0.4 is 10.2 Å². The number of thioether (sulfide) groups is 1. The molecule has 0 aliphatic carbocycles. The van der Waals surface area contributed by atoms with E-state index < -0.39 is 0 Å². The van der Waals surface area contributed by atoms with E-state index in [0.717, 1.165) is 52.5 Å². The molecule has 0 saturated heterocycles. The number of anilines is 2. The van der Waals surface area contributed by atoms with Gasteiger partial charge in [0, 0.05) is 36.3 Å². The van der Waals surface area contributed by atoms with Gasteiger partial charge in [-0.25, -0.2) is 9.97 Å². The summed E-state index contributed by atoms with van der Waals surface area (Å²) in [5.74, 6) is 1.07. The minimum Gasteiger partial charge on any atom is -0.372 e. The first-order valence-electron chi connectivity index (χ1n) is 10.1. The Kier molecular flexibility index (Phi) is 7.09. The van der Waals surface area contributed by atoms with E-state index in [0.29, 0.717) is 5.75 Å². The van der Waals surface area contributed by atoms with Crippen molar-refractivity contribution in [3.05, 3.63) is 53.9 Å². The first kappa shape index (κ1) is 21.1. The molecule has 0 bridgehead atoms. The van der Waals surface area contributed by atoms with E-state index in [9.17, 15) is 4.79 Å². The van der Waals surface area contributed by atoms with Crippen LogP contribution in [-0.4, -0.2) is 34.7 Å². The van der Waals surface area contributed by atoms with E-state index in [1.54, 1.807) is 0 Å². The van der Waals surface area contributed by atoms with Crippen LogP contribution in [0.25, 0.3) is 10.9 Å². The molecule has 0 aliphatic rings. The minimum atomic E-state index is -0.0364. The Morgan fingerprint density at radius 3 is 2.52 bits per heavy atom. The molecule has 0 atom stereocenters. The van der Waals surface area contributed by atoms with Gasteiger partial charge in [0.2, 0.25) is 5.91 Å². The molecule has 0 radical (unpaired) electrons. The summed E-state index contributed by atoms with van der Waals surface area (Å²) in [5, 5.41) is 4.86. The van der Waals surface area contributed by atoms with E-state index in [4.69, 9.17) is 0 Å². The van der Waals surface area contributed by atoms with Gasteiger partial charge in [-0.3, -0.25) is 4.79 Å². The normalized spacial score (nSPS) is 10.9. The van der Waals surface area contributed by atoms with Gasteiger partial charge in [-0.05, 0) is 50.6 Å². The highest BCUT2D eigenvalue weighted by Crippen LogP contribution is 2.26. The smallest absolute Gasteiger partial charge is 0.234 e. The van der Waals surface area contributed by atoms with Crippen LogP contribution in [0.1, 0.15) is 32.2 Å². The van der Waals surface area contributed by atoms with Crippen molar-refractivity contribution in [2.45, 2.75) is 39.1 Å². The lowest BCUT2D eigenvalue weighted by Gasteiger charge is -2.23. The van der Waals surface area contributed by atoms with Gasteiger partial charge in [-0.1, -0.05) is 36.9 Å². The third kappa shape index (κ3) is 5.07. The molecule has 1 N–H and O–H groups in total. The van der Waals surface area contributed by atoms with Crippen LogP contribution >= 0.6 is 11.8 Å². The number of carbonyl (C=O) groups is 1. The highest BCUT2D eigenvalue weighted by molar-refractivity contribution is 8.00. The third-order valence-corrected chi connectivity index (χ3v) is 5.85. The average Bonchev–Trinajstić information content (AvgIpc) is 2.74. The summed E-state index contributed by atoms with van der Waals surface area (Å²) < 4.78 is 0. The monoisotopic (exact) mass is 408 g/mol. The highest BCUT2D eigenvalue weighted by Gasteiger charge is 2.11. The van der Waals surface area contributed by atoms with Gasteiger partial charge < -0.3 is 10.2 Å². The molecule has 3 rings (SSSR count). The first-order valence-corrected chi connectivity index (χ1v) is 11.1. The molecule has 2 aromatic carbocycles. The largest absolute Gasteiger partial charge is 0.372 e. The van der Waals surface area contributed by atoms with Crippen molar-refractivity contribution in [1.82, 2.24) is 9.97 Å². The summed E-state index contributed by atoms with van der Waals surface area (Å²) in [5.41, 5.74) is 4.12. The number of amides is 1. The zero-order chi connectivity index (χ0) is 20.8. The molecule has 152 valence electrons. The van der Waals surface area contributed by atoms with Crippen molar-refractivity contribution < 1.29 is 4.79 Å². The number of rotatable bonds is 8. The molecule has 0 spiro atoms. The van der Waals surface area contributed by atoms with Gasteiger partial charge in [-0.15, -0.1) is 0 Å². The molecule has 0 fully saturated rings. The lowest BCUT2D eigenvalue weighted by molar-refractivity contribution is -0.113. The van der Waals surface area contributed by atoms with Crippen LogP contribution in [-0.2, 0) is 11.2 Å². The molecule has 3 aromatic rings. The van der Waals surface area contributed by atoms with Crippen LogP contribution in [0.15, 0.2) is 47.5 Å². The maximum absolute atomic E-state index is 12.5. The number of aromatic nitrogens is 2. The molecule has 1 aromatic heterocycles. The standard InChI is InChI=1S/C23H28N4OS/c1-5-21-25-19-11-9-8-10-18(19)23(26-21)29-15-22(28)24-17-12-13-20(16(4)14-17)27(6-2)7-3/h8-14H,5-7,15H2,1-4H3,(H,24,28). The zero-order valence-corrected chi connectivity index (χ0v) is 18.3. The topological polar surface area (TPSA) is 58.1 Å². The maximum Gasteiger partial charge on any atom is 0.234 e. The van der Waals surface area contributed by atoms with Crippen molar-refractivity contribution in [3.8, 4) is 0 Å². The van der Waals surface area contributed by atoms with E-state index in [1.165, 1.54) is 17.4 Å². The summed E-state index contributed by atoms with van der Waals surface area (Å²) in [6, 6.07) is 14.0. The van der Waals surface area contributed by atoms with Gasteiger partial charge in [0.15, 0.2) is 0 Å². The van der Waals surface area contributed by atoms with Gasteiger partial charge in [0.05, 0.1) is 11.3 Å². The second kappa shape index (κ2) is 9.74.